The Morgan fingerprint density at radius 2 is 2.17 bits per heavy atom. The SMILES string of the molecule is Cc1nc2c(C(=O)O)cccc2n1C1(C)CCC1. The maximum absolute atomic E-state index is 11.2. The first-order valence-corrected chi connectivity index (χ1v) is 6.25. The molecular weight excluding hydrogens is 228 g/mol. The van der Waals surface area contributed by atoms with Gasteiger partial charge in [0.2, 0.25) is 0 Å². The van der Waals surface area contributed by atoms with E-state index < -0.39 is 5.97 Å². The number of rotatable bonds is 2. The maximum atomic E-state index is 11.2. The Balaban J connectivity index is 2.31. The van der Waals surface area contributed by atoms with Crippen LogP contribution >= 0.6 is 0 Å². The zero-order chi connectivity index (χ0) is 12.9. The Kier molecular flexibility index (Phi) is 2.24. The van der Waals surface area contributed by atoms with Crippen molar-refractivity contribution in [2.45, 2.75) is 38.6 Å². The molecule has 0 unspecified atom stereocenters. The van der Waals surface area contributed by atoms with Crippen LogP contribution in [0, 0.1) is 6.92 Å². The van der Waals surface area contributed by atoms with Gasteiger partial charge in [-0.25, -0.2) is 9.78 Å². The minimum absolute atomic E-state index is 0.107. The molecule has 1 aromatic carbocycles. The lowest BCUT2D eigenvalue weighted by Gasteiger charge is -2.41. The molecule has 0 saturated heterocycles. The first kappa shape index (κ1) is 11.3. The van der Waals surface area contributed by atoms with Gasteiger partial charge in [-0.05, 0) is 45.2 Å². The Labute approximate surface area is 105 Å². The molecule has 4 nitrogen and oxygen atoms in total. The number of benzene rings is 1. The summed E-state index contributed by atoms with van der Waals surface area (Å²) < 4.78 is 2.21. The summed E-state index contributed by atoms with van der Waals surface area (Å²) in [6.07, 6.45) is 3.50. The quantitative estimate of drug-likeness (QED) is 0.883. The number of nitrogens with zero attached hydrogens (tertiary/aromatic N) is 2. The maximum Gasteiger partial charge on any atom is 0.337 e. The minimum atomic E-state index is -0.913. The molecule has 1 N–H and O–H groups in total. The average Bonchev–Trinajstić information content (AvgIpc) is 2.61. The van der Waals surface area contributed by atoms with E-state index in [9.17, 15) is 9.90 Å². The van der Waals surface area contributed by atoms with E-state index in [1.807, 2.05) is 13.0 Å². The van der Waals surface area contributed by atoms with Crippen LogP contribution in [0.25, 0.3) is 11.0 Å². The number of carbonyl (C=O) groups is 1. The molecule has 0 bridgehead atoms. The fourth-order valence-corrected chi connectivity index (χ4v) is 2.98. The highest BCUT2D eigenvalue weighted by Crippen LogP contribution is 2.41. The molecular formula is C14H16N2O2. The van der Waals surface area contributed by atoms with Crippen LogP contribution in [0.2, 0.25) is 0 Å². The van der Waals surface area contributed by atoms with Gasteiger partial charge in [-0.3, -0.25) is 0 Å². The van der Waals surface area contributed by atoms with Crippen LogP contribution in [-0.2, 0) is 5.54 Å². The number of hydrogen-bond donors (Lipinski definition) is 1. The van der Waals surface area contributed by atoms with Crippen LogP contribution in [0.4, 0.5) is 0 Å². The molecule has 1 aromatic heterocycles. The van der Waals surface area contributed by atoms with Gasteiger partial charge in [0.05, 0.1) is 11.1 Å². The van der Waals surface area contributed by atoms with Crippen LogP contribution in [0.5, 0.6) is 0 Å². The van der Waals surface area contributed by atoms with Crippen LogP contribution in [-0.4, -0.2) is 20.6 Å². The second kappa shape index (κ2) is 3.57. The molecule has 0 spiro atoms. The van der Waals surface area contributed by atoms with E-state index in [4.69, 9.17) is 0 Å². The Morgan fingerprint density at radius 3 is 2.72 bits per heavy atom. The zero-order valence-corrected chi connectivity index (χ0v) is 10.6. The Hall–Kier alpha value is -1.84. The topological polar surface area (TPSA) is 55.1 Å². The Bertz CT molecular complexity index is 639. The average molecular weight is 244 g/mol. The predicted molar refractivity (Wildman–Crippen MR) is 68.9 cm³/mol. The van der Waals surface area contributed by atoms with Crippen molar-refractivity contribution < 1.29 is 9.90 Å². The highest BCUT2D eigenvalue weighted by atomic mass is 16.4. The van der Waals surface area contributed by atoms with E-state index in [2.05, 4.69) is 16.5 Å². The number of para-hydroxylation sites is 1. The van der Waals surface area contributed by atoms with Crippen molar-refractivity contribution in [3.8, 4) is 0 Å². The molecule has 1 fully saturated rings. The summed E-state index contributed by atoms with van der Waals surface area (Å²) in [5.41, 5.74) is 1.94. The monoisotopic (exact) mass is 244 g/mol. The van der Waals surface area contributed by atoms with Crippen molar-refractivity contribution in [2.75, 3.05) is 0 Å². The van der Waals surface area contributed by atoms with Crippen LogP contribution in [0.1, 0.15) is 42.4 Å². The van der Waals surface area contributed by atoms with Gasteiger partial charge in [-0.2, -0.15) is 0 Å². The third kappa shape index (κ3) is 1.38. The molecule has 3 rings (SSSR count). The van der Waals surface area contributed by atoms with Gasteiger partial charge in [0.25, 0.3) is 0 Å². The summed E-state index contributed by atoms with van der Waals surface area (Å²) in [6, 6.07) is 5.38. The van der Waals surface area contributed by atoms with Gasteiger partial charge in [-0.15, -0.1) is 0 Å². The lowest BCUT2D eigenvalue weighted by molar-refractivity contribution is 0.0699. The molecule has 1 saturated carbocycles. The number of aromatic carboxylic acids is 1. The first-order chi connectivity index (χ1) is 8.53. The highest BCUT2D eigenvalue weighted by molar-refractivity contribution is 6.01. The largest absolute Gasteiger partial charge is 0.478 e. The van der Waals surface area contributed by atoms with E-state index in [-0.39, 0.29) is 11.1 Å². The van der Waals surface area contributed by atoms with Gasteiger partial charge in [0.1, 0.15) is 11.3 Å². The number of carboxylic acid groups (broad SMARTS) is 1. The summed E-state index contributed by atoms with van der Waals surface area (Å²) in [4.78, 5) is 15.7. The molecule has 18 heavy (non-hydrogen) atoms. The van der Waals surface area contributed by atoms with Crippen LogP contribution in [0.15, 0.2) is 18.2 Å². The van der Waals surface area contributed by atoms with E-state index in [0.29, 0.717) is 5.52 Å². The molecule has 1 aliphatic carbocycles. The van der Waals surface area contributed by atoms with Crippen LogP contribution in [0.3, 0.4) is 0 Å². The summed E-state index contributed by atoms with van der Waals surface area (Å²) in [5.74, 6) is -0.00934. The molecule has 94 valence electrons. The number of hydrogen-bond acceptors (Lipinski definition) is 2. The summed E-state index contributed by atoms with van der Waals surface area (Å²) in [5, 5.41) is 9.21. The fraction of sp³-hybridized carbons (Fsp3) is 0.429. The third-order valence-corrected chi connectivity index (χ3v) is 4.05. The number of fused-ring (bicyclic) bond motifs is 1. The summed E-state index contributed by atoms with van der Waals surface area (Å²) in [7, 11) is 0. The van der Waals surface area contributed by atoms with Gasteiger partial charge < -0.3 is 9.67 Å². The predicted octanol–water partition coefficient (Wildman–Crippen LogP) is 2.94. The molecule has 4 heteroatoms. The molecule has 1 aliphatic rings. The van der Waals surface area contributed by atoms with E-state index in [0.717, 1.165) is 24.2 Å². The number of aromatic nitrogens is 2. The smallest absolute Gasteiger partial charge is 0.337 e. The second-order valence-electron chi connectivity index (χ2n) is 5.32. The standard InChI is InChI=1S/C14H16N2O2/c1-9-15-12-10(13(17)18)5-3-6-11(12)16(9)14(2)7-4-8-14/h3,5-6H,4,7-8H2,1-2H3,(H,17,18). The fourth-order valence-electron chi connectivity index (χ4n) is 2.98. The van der Waals surface area contributed by atoms with Gasteiger partial charge >= 0.3 is 5.97 Å². The zero-order valence-electron chi connectivity index (χ0n) is 10.6. The van der Waals surface area contributed by atoms with Crippen molar-refractivity contribution in [1.82, 2.24) is 9.55 Å². The molecule has 2 aromatic rings. The number of carboxylic acids is 1. The summed E-state index contributed by atoms with van der Waals surface area (Å²) >= 11 is 0. The first-order valence-electron chi connectivity index (χ1n) is 6.25. The van der Waals surface area contributed by atoms with Gasteiger partial charge in [0.15, 0.2) is 0 Å². The van der Waals surface area contributed by atoms with E-state index >= 15 is 0 Å². The van der Waals surface area contributed by atoms with Crippen LogP contribution < -0.4 is 0 Å². The summed E-state index contributed by atoms with van der Waals surface area (Å²) in [6.45, 7) is 4.17. The van der Waals surface area contributed by atoms with E-state index in [1.54, 1.807) is 12.1 Å². The molecule has 1 heterocycles. The Morgan fingerprint density at radius 1 is 1.44 bits per heavy atom. The molecule has 0 radical (unpaired) electrons. The molecule has 0 aliphatic heterocycles. The lowest BCUT2D eigenvalue weighted by Crippen LogP contribution is -2.37. The van der Waals surface area contributed by atoms with Crippen molar-refractivity contribution >= 4 is 17.0 Å². The number of imidazole rings is 1. The lowest BCUT2D eigenvalue weighted by atomic mass is 9.78. The van der Waals surface area contributed by atoms with Crippen molar-refractivity contribution in [3.63, 3.8) is 0 Å². The van der Waals surface area contributed by atoms with Crippen molar-refractivity contribution in [2.24, 2.45) is 0 Å². The normalized spacial score (nSPS) is 17.7. The third-order valence-electron chi connectivity index (χ3n) is 4.05. The number of aryl methyl sites for hydroxylation is 1. The minimum Gasteiger partial charge on any atom is -0.478 e. The van der Waals surface area contributed by atoms with Crippen molar-refractivity contribution in [1.29, 1.82) is 0 Å². The van der Waals surface area contributed by atoms with Crippen molar-refractivity contribution in [3.05, 3.63) is 29.6 Å². The van der Waals surface area contributed by atoms with Gasteiger partial charge in [0, 0.05) is 5.54 Å². The molecule has 0 atom stereocenters. The van der Waals surface area contributed by atoms with Gasteiger partial charge in [-0.1, -0.05) is 6.07 Å². The molecule has 0 amide bonds. The van der Waals surface area contributed by atoms with E-state index in [1.165, 1.54) is 6.42 Å². The highest BCUT2D eigenvalue weighted by Gasteiger charge is 2.36. The second-order valence-corrected chi connectivity index (χ2v) is 5.32.